The number of nitriles is 1. The minimum Gasteiger partial charge on any atom is -0.318 e. The van der Waals surface area contributed by atoms with Crippen LogP contribution in [0.15, 0.2) is 42.5 Å². The molecular weight excluding hydrogens is 302 g/mol. The van der Waals surface area contributed by atoms with Crippen molar-refractivity contribution in [3.63, 3.8) is 0 Å². The van der Waals surface area contributed by atoms with E-state index in [4.69, 9.17) is 16.9 Å². The molecule has 0 unspecified atom stereocenters. The molecule has 0 saturated carbocycles. The number of carbonyl (C=O) groups excluding carboxylic acids is 2. The molecule has 0 atom stereocenters. The number of benzene rings is 2. The lowest BCUT2D eigenvalue weighted by Gasteiger charge is -2.09. The second kappa shape index (κ2) is 6.74. The van der Waals surface area contributed by atoms with Crippen molar-refractivity contribution in [2.45, 2.75) is 6.92 Å². The molecule has 0 bridgehead atoms. The Hall–Kier alpha value is -2.84. The van der Waals surface area contributed by atoms with Crippen molar-refractivity contribution < 1.29 is 9.59 Å². The Labute approximate surface area is 132 Å². The third-order valence-electron chi connectivity index (χ3n) is 2.99. The Balaban J connectivity index is 2.04. The van der Waals surface area contributed by atoms with E-state index in [0.717, 1.165) is 0 Å². The van der Waals surface area contributed by atoms with Crippen LogP contribution >= 0.6 is 11.6 Å². The highest BCUT2D eigenvalue weighted by molar-refractivity contribution is 6.44. The number of amides is 2. The predicted octanol–water partition coefficient (Wildman–Crippen LogP) is 3.10. The maximum Gasteiger partial charge on any atom is 0.314 e. The third kappa shape index (κ3) is 3.62. The Morgan fingerprint density at radius 2 is 1.68 bits per heavy atom. The maximum atomic E-state index is 11.9. The highest BCUT2D eigenvalue weighted by atomic mass is 35.5. The summed E-state index contributed by atoms with van der Waals surface area (Å²) in [5, 5.41) is 14.2. The summed E-state index contributed by atoms with van der Waals surface area (Å²) in [5.74, 6) is -1.60. The minimum absolute atomic E-state index is 0.432. The van der Waals surface area contributed by atoms with Crippen LogP contribution in [0.3, 0.4) is 0 Å². The summed E-state index contributed by atoms with van der Waals surface area (Å²) in [6, 6.07) is 13.2. The first kappa shape index (κ1) is 15.5. The van der Waals surface area contributed by atoms with E-state index in [1.54, 1.807) is 49.4 Å². The van der Waals surface area contributed by atoms with Crippen molar-refractivity contribution in [2.24, 2.45) is 0 Å². The van der Waals surface area contributed by atoms with Gasteiger partial charge in [0.05, 0.1) is 11.6 Å². The average molecular weight is 314 g/mol. The topological polar surface area (TPSA) is 82.0 Å². The summed E-state index contributed by atoms with van der Waals surface area (Å²) in [6.07, 6.45) is 0. The second-order valence-corrected chi connectivity index (χ2v) is 4.92. The van der Waals surface area contributed by atoms with Crippen LogP contribution < -0.4 is 10.6 Å². The fourth-order valence-electron chi connectivity index (χ4n) is 1.74. The molecule has 0 radical (unpaired) electrons. The van der Waals surface area contributed by atoms with Gasteiger partial charge in [0.25, 0.3) is 0 Å². The van der Waals surface area contributed by atoms with Crippen LogP contribution in [0.4, 0.5) is 11.4 Å². The van der Waals surface area contributed by atoms with Crippen LogP contribution in [0, 0.1) is 18.3 Å². The van der Waals surface area contributed by atoms with Crippen LogP contribution in [-0.2, 0) is 9.59 Å². The lowest BCUT2D eigenvalue weighted by molar-refractivity contribution is -0.133. The molecule has 0 fully saturated rings. The fourth-order valence-corrected chi connectivity index (χ4v) is 1.91. The van der Waals surface area contributed by atoms with E-state index in [1.807, 2.05) is 6.07 Å². The predicted molar refractivity (Wildman–Crippen MR) is 84.6 cm³/mol. The summed E-state index contributed by atoms with van der Waals surface area (Å²) in [4.78, 5) is 23.7. The van der Waals surface area contributed by atoms with Gasteiger partial charge in [0.1, 0.15) is 0 Å². The Bertz CT molecular complexity index is 764. The maximum absolute atomic E-state index is 11.9. The van der Waals surface area contributed by atoms with Crippen molar-refractivity contribution in [3.8, 4) is 6.07 Å². The van der Waals surface area contributed by atoms with Crippen LogP contribution in [-0.4, -0.2) is 11.8 Å². The molecule has 2 rings (SSSR count). The van der Waals surface area contributed by atoms with Gasteiger partial charge >= 0.3 is 11.8 Å². The largest absolute Gasteiger partial charge is 0.318 e. The second-order valence-electron chi connectivity index (χ2n) is 4.51. The first-order valence-electron chi connectivity index (χ1n) is 6.39. The van der Waals surface area contributed by atoms with E-state index in [9.17, 15) is 9.59 Å². The number of hydrogen-bond donors (Lipinski definition) is 2. The Morgan fingerprint density at radius 3 is 2.32 bits per heavy atom. The van der Waals surface area contributed by atoms with Gasteiger partial charge in [0.2, 0.25) is 0 Å². The monoisotopic (exact) mass is 313 g/mol. The SMILES string of the molecule is Cc1c(Cl)cccc1NC(=O)C(=O)Nc1ccc(C#N)cc1. The van der Waals surface area contributed by atoms with E-state index < -0.39 is 11.8 Å². The molecule has 22 heavy (non-hydrogen) atoms. The number of halogens is 1. The number of hydrogen-bond acceptors (Lipinski definition) is 3. The van der Waals surface area contributed by atoms with Crippen LogP contribution in [0.1, 0.15) is 11.1 Å². The zero-order chi connectivity index (χ0) is 16.1. The number of nitrogens with zero attached hydrogens (tertiary/aromatic N) is 1. The molecule has 2 N–H and O–H groups in total. The Kier molecular flexibility index (Phi) is 4.77. The van der Waals surface area contributed by atoms with Gasteiger partial charge in [0, 0.05) is 16.4 Å². The molecule has 0 aliphatic rings. The summed E-state index contributed by atoms with van der Waals surface area (Å²) in [6.45, 7) is 1.75. The number of carbonyl (C=O) groups is 2. The van der Waals surface area contributed by atoms with E-state index >= 15 is 0 Å². The van der Waals surface area contributed by atoms with Gasteiger partial charge in [-0.15, -0.1) is 0 Å². The molecule has 0 spiro atoms. The number of nitrogens with one attached hydrogen (secondary N) is 2. The fraction of sp³-hybridized carbons (Fsp3) is 0.0625. The molecule has 0 aliphatic carbocycles. The van der Waals surface area contributed by atoms with Gasteiger partial charge in [-0.25, -0.2) is 0 Å². The Morgan fingerprint density at radius 1 is 1.05 bits per heavy atom. The van der Waals surface area contributed by atoms with Crippen molar-refractivity contribution >= 4 is 34.8 Å². The molecule has 6 heteroatoms. The highest BCUT2D eigenvalue weighted by Gasteiger charge is 2.15. The summed E-state index contributed by atoms with van der Waals surface area (Å²) >= 11 is 5.96. The highest BCUT2D eigenvalue weighted by Crippen LogP contribution is 2.22. The molecule has 5 nitrogen and oxygen atoms in total. The van der Waals surface area contributed by atoms with E-state index in [2.05, 4.69) is 10.6 Å². The zero-order valence-corrected chi connectivity index (χ0v) is 12.4. The number of anilines is 2. The summed E-state index contributed by atoms with van der Waals surface area (Å²) < 4.78 is 0. The smallest absolute Gasteiger partial charge is 0.314 e. The van der Waals surface area contributed by atoms with Crippen molar-refractivity contribution in [1.29, 1.82) is 5.26 Å². The molecule has 110 valence electrons. The lowest BCUT2D eigenvalue weighted by Crippen LogP contribution is -2.29. The van der Waals surface area contributed by atoms with Gasteiger partial charge in [0.15, 0.2) is 0 Å². The van der Waals surface area contributed by atoms with Crippen molar-refractivity contribution in [1.82, 2.24) is 0 Å². The van der Waals surface area contributed by atoms with Crippen LogP contribution in [0.5, 0.6) is 0 Å². The number of rotatable bonds is 2. The van der Waals surface area contributed by atoms with Gasteiger partial charge in [-0.05, 0) is 48.9 Å². The quantitative estimate of drug-likeness (QED) is 0.836. The standard InChI is InChI=1S/C16H12ClN3O2/c1-10-13(17)3-2-4-14(10)20-16(22)15(21)19-12-7-5-11(9-18)6-8-12/h2-8H,1H3,(H,19,21)(H,20,22). The molecule has 0 aromatic heterocycles. The zero-order valence-electron chi connectivity index (χ0n) is 11.7. The van der Waals surface area contributed by atoms with E-state index in [1.165, 1.54) is 0 Å². The minimum atomic E-state index is -0.802. The average Bonchev–Trinajstić information content (AvgIpc) is 2.52. The molecule has 0 heterocycles. The van der Waals surface area contributed by atoms with Crippen molar-refractivity contribution in [2.75, 3.05) is 10.6 Å². The van der Waals surface area contributed by atoms with Gasteiger partial charge in [-0.3, -0.25) is 9.59 Å². The molecule has 2 aromatic rings. The summed E-state index contributed by atoms with van der Waals surface area (Å²) in [7, 11) is 0. The lowest BCUT2D eigenvalue weighted by atomic mass is 10.2. The van der Waals surface area contributed by atoms with E-state index in [-0.39, 0.29) is 0 Å². The van der Waals surface area contributed by atoms with E-state index in [0.29, 0.717) is 27.5 Å². The van der Waals surface area contributed by atoms with Crippen molar-refractivity contribution in [3.05, 3.63) is 58.6 Å². The van der Waals surface area contributed by atoms with Crippen LogP contribution in [0.25, 0.3) is 0 Å². The third-order valence-corrected chi connectivity index (χ3v) is 3.40. The molecular formula is C16H12ClN3O2. The first-order valence-corrected chi connectivity index (χ1v) is 6.76. The molecule has 0 saturated heterocycles. The van der Waals surface area contributed by atoms with Crippen LogP contribution in [0.2, 0.25) is 5.02 Å². The molecule has 2 aromatic carbocycles. The van der Waals surface area contributed by atoms with Gasteiger partial charge < -0.3 is 10.6 Å². The molecule has 0 aliphatic heterocycles. The van der Waals surface area contributed by atoms with Gasteiger partial charge in [-0.2, -0.15) is 5.26 Å². The first-order chi connectivity index (χ1) is 10.5. The normalized spacial score (nSPS) is 9.68. The summed E-state index contributed by atoms with van der Waals surface area (Å²) in [5.41, 5.74) is 2.06. The molecule has 2 amide bonds. The van der Waals surface area contributed by atoms with Gasteiger partial charge in [-0.1, -0.05) is 17.7 Å².